The van der Waals surface area contributed by atoms with Gasteiger partial charge in [0, 0.05) is 12.1 Å². The first-order chi connectivity index (χ1) is 17.2. The van der Waals surface area contributed by atoms with Gasteiger partial charge in [0.15, 0.2) is 16.6 Å². The number of benzene rings is 1. The molecule has 7 heteroatoms. The summed E-state index contributed by atoms with van der Waals surface area (Å²) in [5, 5.41) is 11.7. The minimum absolute atomic E-state index is 0.0119. The van der Waals surface area contributed by atoms with Gasteiger partial charge >= 0.3 is 0 Å². The van der Waals surface area contributed by atoms with Crippen LogP contribution in [0.4, 0.5) is 0 Å². The summed E-state index contributed by atoms with van der Waals surface area (Å²) in [7, 11) is -5.47. The number of rotatable bonds is 13. The summed E-state index contributed by atoms with van der Waals surface area (Å²) in [6.45, 7) is 19.0. The highest BCUT2D eigenvalue weighted by molar-refractivity contribution is 6.90. The highest BCUT2D eigenvalue weighted by atomic mass is 28.4. The minimum atomic E-state index is -1.87. The van der Waals surface area contributed by atoms with E-state index in [1.807, 2.05) is 0 Å². The summed E-state index contributed by atoms with van der Waals surface area (Å²) in [5.74, 6) is 0. The molecule has 202 valence electrons. The Labute approximate surface area is 225 Å². The van der Waals surface area contributed by atoms with Gasteiger partial charge in [-0.05, 0) is 55.2 Å². The van der Waals surface area contributed by atoms with Crippen LogP contribution in [0.15, 0.2) is 30.3 Å². The largest absolute Gasteiger partial charge is 0.410 e. The van der Waals surface area contributed by atoms with Crippen molar-refractivity contribution in [2.24, 2.45) is 0 Å². The molecule has 2 aliphatic rings. The Morgan fingerprint density at radius 3 is 1.78 bits per heavy atom. The molecule has 0 bridgehead atoms. The fraction of sp³-hybridized carbons (Fsp3) is 0.759. The molecule has 36 heavy (non-hydrogen) atoms. The first-order valence-electron chi connectivity index (χ1n) is 14.8. The molecule has 0 saturated carbocycles. The van der Waals surface area contributed by atoms with E-state index in [0.717, 1.165) is 55.2 Å². The van der Waals surface area contributed by atoms with Gasteiger partial charge in [0.05, 0.1) is 32.4 Å². The van der Waals surface area contributed by atoms with Crippen LogP contribution in [-0.2, 0) is 8.85 Å². The van der Waals surface area contributed by atoms with E-state index in [9.17, 15) is 5.26 Å². The molecule has 4 nitrogen and oxygen atoms in total. The zero-order chi connectivity index (χ0) is 26.6. The second-order valence-electron chi connectivity index (χ2n) is 11.9. The highest BCUT2D eigenvalue weighted by Crippen LogP contribution is 2.46. The monoisotopic (exact) mass is 544 g/mol. The number of hydrogen-bond donors (Lipinski definition) is 0. The lowest BCUT2D eigenvalue weighted by molar-refractivity contribution is 0.0469. The van der Waals surface area contributed by atoms with Crippen molar-refractivity contribution in [3.05, 3.63) is 30.3 Å². The van der Waals surface area contributed by atoms with Gasteiger partial charge < -0.3 is 8.85 Å². The first kappa shape index (κ1) is 29.8. The fourth-order valence-corrected chi connectivity index (χ4v) is 15.6. The van der Waals surface area contributed by atoms with Crippen LogP contribution < -0.4 is 5.19 Å². The smallest absolute Gasteiger partial charge is 0.192 e. The average Bonchev–Trinajstić information content (AvgIpc) is 3.45. The van der Waals surface area contributed by atoms with E-state index in [2.05, 4.69) is 95.9 Å². The first-order valence-corrected chi connectivity index (χ1v) is 23.0. The lowest BCUT2D eigenvalue weighted by atomic mass is 10.0. The standard InChI is InChI=1S/C29H52N2O2Si3/c1-9-35(10-2,11-3)32-28-26-21-20-24(22-30)31(26)27(29(28)33-36(12-4,13-5)14-6)23-34(7,8)25-18-16-15-17-19-25/h15-19,24,26-29H,9-14,20-21,23H2,1-8H3. The Balaban J connectivity index is 2.09. The van der Waals surface area contributed by atoms with Crippen molar-refractivity contribution in [2.45, 2.75) is 140 Å². The molecule has 0 spiro atoms. The summed E-state index contributed by atoms with van der Waals surface area (Å²) in [6, 6.07) is 22.4. The van der Waals surface area contributed by atoms with E-state index in [0.29, 0.717) is 6.04 Å². The van der Waals surface area contributed by atoms with Crippen LogP contribution in [-0.4, -0.2) is 59.9 Å². The number of fused-ring (bicyclic) bond motifs is 1. The van der Waals surface area contributed by atoms with Gasteiger partial charge in [0.1, 0.15) is 0 Å². The molecule has 5 unspecified atom stereocenters. The zero-order valence-corrected chi connectivity index (χ0v) is 27.3. The molecule has 3 rings (SSSR count). The van der Waals surface area contributed by atoms with E-state index < -0.39 is 24.7 Å². The SMILES string of the molecule is CC[Si](CC)(CC)OC1C(O[Si](CC)(CC)CC)C(C[Si](C)(C)c2ccccc2)N2C(C#N)CCC12. The number of nitrogens with zero attached hydrogens (tertiary/aromatic N) is 2. The van der Waals surface area contributed by atoms with Crippen molar-refractivity contribution in [3.63, 3.8) is 0 Å². The van der Waals surface area contributed by atoms with E-state index >= 15 is 0 Å². The topological polar surface area (TPSA) is 45.5 Å². The fourth-order valence-electron chi connectivity index (χ4n) is 7.03. The summed E-state index contributed by atoms with van der Waals surface area (Å²) >= 11 is 0. The van der Waals surface area contributed by atoms with Gasteiger partial charge in [-0.2, -0.15) is 5.26 Å². The predicted octanol–water partition coefficient (Wildman–Crippen LogP) is 7.12. The van der Waals surface area contributed by atoms with E-state index in [1.165, 1.54) is 5.19 Å². The summed E-state index contributed by atoms with van der Waals surface area (Å²) < 4.78 is 14.9. The van der Waals surface area contributed by atoms with Gasteiger partial charge in [-0.25, -0.2) is 0 Å². The van der Waals surface area contributed by atoms with Crippen LogP contribution in [0.1, 0.15) is 54.4 Å². The predicted molar refractivity (Wildman–Crippen MR) is 161 cm³/mol. The third-order valence-corrected chi connectivity index (χ3v) is 22.6. The molecule has 0 amide bonds. The van der Waals surface area contributed by atoms with Gasteiger partial charge in [-0.3, -0.25) is 4.90 Å². The maximum atomic E-state index is 10.2. The molecule has 0 aromatic heterocycles. The third kappa shape index (κ3) is 5.79. The number of hydrogen-bond acceptors (Lipinski definition) is 4. The molecule has 1 aromatic rings. The van der Waals surface area contributed by atoms with E-state index in [4.69, 9.17) is 8.85 Å². The molecule has 5 atom stereocenters. The van der Waals surface area contributed by atoms with Crippen molar-refractivity contribution >= 4 is 29.9 Å². The molecular weight excluding hydrogens is 493 g/mol. The third-order valence-electron chi connectivity index (χ3n) is 10.0. The van der Waals surface area contributed by atoms with Crippen LogP contribution in [0.25, 0.3) is 0 Å². The van der Waals surface area contributed by atoms with Crippen LogP contribution in [0.5, 0.6) is 0 Å². The molecule has 2 saturated heterocycles. The van der Waals surface area contributed by atoms with Crippen molar-refractivity contribution in [1.29, 1.82) is 5.26 Å². The quantitative estimate of drug-likeness (QED) is 0.248. The van der Waals surface area contributed by atoms with Crippen molar-refractivity contribution in [3.8, 4) is 6.07 Å². The lowest BCUT2D eigenvalue weighted by Crippen LogP contribution is -2.55. The Morgan fingerprint density at radius 2 is 1.31 bits per heavy atom. The molecule has 0 N–H and O–H groups in total. The second-order valence-corrected chi connectivity index (χ2v) is 26.1. The second kappa shape index (κ2) is 12.4. The van der Waals surface area contributed by atoms with Gasteiger partial charge in [0.25, 0.3) is 0 Å². The normalized spacial score (nSPS) is 27.2. The molecule has 1 aromatic carbocycles. The highest BCUT2D eigenvalue weighted by Gasteiger charge is 2.59. The Morgan fingerprint density at radius 1 is 0.806 bits per heavy atom. The summed E-state index contributed by atoms with van der Waals surface area (Å²) in [4.78, 5) is 2.60. The van der Waals surface area contributed by atoms with Crippen LogP contribution in [0.2, 0.25) is 55.4 Å². The average molecular weight is 545 g/mol. The van der Waals surface area contributed by atoms with Crippen LogP contribution >= 0.6 is 0 Å². The maximum absolute atomic E-state index is 10.2. The van der Waals surface area contributed by atoms with Gasteiger partial charge in [-0.1, -0.05) is 90.2 Å². The van der Waals surface area contributed by atoms with Crippen molar-refractivity contribution < 1.29 is 8.85 Å². The van der Waals surface area contributed by atoms with E-state index in [1.54, 1.807) is 0 Å². The zero-order valence-electron chi connectivity index (χ0n) is 24.3. The summed E-state index contributed by atoms with van der Waals surface area (Å²) in [5.41, 5.74) is 0. The Hall–Kier alpha value is -0.759. The lowest BCUT2D eigenvalue weighted by Gasteiger charge is -2.42. The Bertz CT molecular complexity index is 850. The van der Waals surface area contributed by atoms with Crippen molar-refractivity contribution in [2.75, 3.05) is 0 Å². The Kier molecular flexibility index (Phi) is 10.3. The number of nitriles is 1. The molecular formula is C29H52N2O2Si3. The molecule has 0 radical (unpaired) electrons. The van der Waals surface area contributed by atoms with Gasteiger partial charge in [-0.15, -0.1) is 0 Å². The molecule has 2 heterocycles. The molecule has 2 aliphatic heterocycles. The summed E-state index contributed by atoms with van der Waals surface area (Å²) in [6.07, 6.45) is 2.23. The molecule has 2 fully saturated rings. The van der Waals surface area contributed by atoms with Crippen LogP contribution in [0.3, 0.4) is 0 Å². The van der Waals surface area contributed by atoms with Crippen molar-refractivity contribution in [1.82, 2.24) is 4.90 Å². The van der Waals surface area contributed by atoms with Gasteiger partial charge in [0.2, 0.25) is 0 Å². The van der Waals surface area contributed by atoms with Crippen LogP contribution in [0, 0.1) is 11.3 Å². The maximum Gasteiger partial charge on any atom is 0.192 e. The van der Waals surface area contributed by atoms with E-state index in [-0.39, 0.29) is 24.3 Å². The molecule has 0 aliphatic carbocycles. The minimum Gasteiger partial charge on any atom is -0.410 e.